The molecule has 0 saturated carbocycles. The van der Waals surface area contributed by atoms with E-state index in [1.807, 2.05) is 0 Å². The third-order valence-corrected chi connectivity index (χ3v) is 3.91. The van der Waals surface area contributed by atoms with Gasteiger partial charge in [-0.2, -0.15) is 0 Å². The van der Waals surface area contributed by atoms with Crippen molar-refractivity contribution in [3.05, 3.63) is 24.3 Å². The Bertz CT molecular complexity index is 381. The van der Waals surface area contributed by atoms with Crippen LogP contribution in [0.5, 0.6) is 0 Å². The average molecular weight is 260 g/mol. The van der Waals surface area contributed by atoms with E-state index in [1.54, 1.807) is 0 Å². The molecule has 0 amide bonds. The minimum absolute atomic E-state index is 0.552. The highest BCUT2D eigenvalue weighted by molar-refractivity contribution is 5.58. The van der Waals surface area contributed by atoms with Crippen LogP contribution in [-0.4, -0.2) is 19.1 Å². The van der Waals surface area contributed by atoms with E-state index < -0.39 is 0 Å². The summed E-state index contributed by atoms with van der Waals surface area (Å²) in [6.07, 6.45) is 5.20. The van der Waals surface area contributed by atoms with Gasteiger partial charge in [-0.25, -0.2) is 0 Å². The van der Waals surface area contributed by atoms with Crippen LogP contribution >= 0.6 is 0 Å². The highest BCUT2D eigenvalue weighted by Gasteiger charge is 2.12. The summed E-state index contributed by atoms with van der Waals surface area (Å²) < 4.78 is 0. The van der Waals surface area contributed by atoms with Crippen molar-refractivity contribution in [1.29, 1.82) is 0 Å². The smallest absolute Gasteiger partial charge is 0.0386 e. The summed E-state index contributed by atoms with van der Waals surface area (Å²) in [5.41, 5.74) is 2.64. The molecule has 1 atom stereocenters. The quantitative estimate of drug-likeness (QED) is 0.808. The van der Waals surface area contributed by atoms with E-state index in [0.717, 1.165) is 5.92 Å². The van der Waals surface area contributed by atoms with Crippen molar-refractivity contribution in [3.63, 3.8) is 0 Å². The Kier molecular flexibility index (Phi) is 5.12. The van der Waals surface area contributed by atoms with Gasteiger partial charge in [-0.1, -0.05) is 19.9 Å². The van der Waals surface area contributed by atoms with Crippen molar-refractivity contribution < 1.29 is 0 Å². The predicted octanol–water partition coefficient (Wildman–Crippen LogP) is 4.52. The maximum absolute atomic E-state index is 3.63. The van der Waals surface area contributed by atoms with Crippen molar-refractivity contribution in [2.75, 3.05) is 23.3 Å². The van der Waals surface area contributed by atoms with Crippen molar-refractivity contribution in [3.8, 4) is 0 Å². The van der Waals surface area contributed by atoms with Gasteiger partial charge in [0, 0.05) is 30.5 Å². The van der Waals surface area contributed by atoms with Crippen LogP contribution in [0, 0.1) is 5.92 Å². The van der Waals surface area contributed by atoms with Gasteiger partial charge in [0.25, 0.3) is 0 Å². The van der Waals surface area contributed by atoms with Gasteiger partial charge in [0.05, 0.1) is 0 Å². The van der Waals surface area contributed by atoms with Crippen LogP contribution in [-0.2, 0) is 0 Å². The number of benzene rings is 1. The molecule has 2 heteroatoms. The molecule has 1 unspecified atom stereocenters. The Morgan fingerprint density at radius 1 is 1.11 bits per heavy atom. The fourth-order valence-corrected chi connectivity index (χ4v) is 2.71. The first kappa shape index (κ1) is 14.2. The van der Waals surface area contributed by atoms with E-state index in [1.165, 1.54) is 50.1 Å². The molecule has 1 heterocycles. The van der Waals surface area contributed by atoms with Gasteiger partial charge >= 0.3 is 0 Å². The molecule has 1 aromatic rings. The molecule has 0 aromatic heterocycles. The van der Waals surface area contributed by atoms with E-state index in [-0.39, 0.29) is 0 Å². The molecule has 2 nitrogen and oxygen atoms in total. The van der Waals surface area contributed by atoms with Crippen molar-refractivity contribution in [1.82, 2.24) is 0 Å². The maximum atomic E-state index is 3.63. The van der Waals surface area contributed by atoms with E-state index in [4.69, 9.17) is 0 Å². The number of rotatable bonds is 6. The number of nitrogens with one attached hydrogen (secondary N) is 1. The van der Waals surface area contributed by atoms with Crippen LogP contribution in [0.15, 0.2) is 24.3 Å². The second-order valence-corrected chi connectivity index (χ2v) is 6.26. The predicted molar refractivity (Wildman–Crippen MR) is 85.0 cm³/mol. The SMILES string of the molecule is CC(C)CCC(C)Nc1cccc(N2CCCC2)c1. The lowest BCUT2D eigenvalue weighted by Gasteiger charge is -2.21. The minimum Gasteiger partial charge on any atom is -0.383 e. The molecule has 0 bridgehead atoms. The van der Waals surface area contributed by atoms with Crippen LogP contribution in [0.4, 0.5) is 11.4 Å². The highest BCUT2D eigenvalue weighted by atomic mass is 15.1. The highest BCUT2D eigenvalue weighted by Crippen LogP contribution is 2.24. The third kappa shape index (κ3) is 4.45. The lowest BCUT2D eigenvalue weighted by molar-refractivity contribution is 0.528. The van der Waals surface area contributed by atoms with E-state index >= 15 is 0 Å². The second-order valence-electron chi connectivity index (χ2n) is 6.26. The first-order valence-corrected chi connectivity index (χ1v) is 7.76. The molecule has 1 saturated heterocycles. The van der Waals surface area contributed by atoms with Gasteiger partial charge in [-0.3, -0.25) is 0 Å². The van der Waals surface area contributed by atoms with Gasteiger partial charge < -0.3 is 10.2 Å². The summed E-state index contributed by atoms with van der Waals surface area (Å²) in [6, 6.07) is 9.44. The fourth-order valence-electron chi connectivity index (χ4n) is 2.71. The zero-order valence-corrected chi connectivity index (χ0v) is 12.7. The van der Waals surface area contributed by atoms with Crippen LogP contribution < -0.4 is 10.2 Å². The van der Waals surface area contributed by atoms with Crippen molar-refractivity contribution in [2.45, 2.75) is 52.5 Å². The minimum atomic E-state index is 0.552. The monoisotopic (exact) mass is 260 g/mol. The second kappa shape index (κ2) is 6.83. The Hall–Kier alpha value is -1.18. The molecule has 1 fully saturated rings. The van der Waals surface area contributed by atoms with Gasteiger partial charge in [0.1, 0.15) is 0 Å². The Morgan fingerprint density at radius 2 is 1.84 bits per heavy atom. The number of hydrogen-bond donors (Lipinski definition) is 1. The van der Waals surface area contributed by atoms with Crippen molar-refractivity contribution in [2.24, 2.45) is 5.92 Å². The Balaban J connectivity index is 1.91. The lowest BCUT2D eigenvalue weighted by atomic mass is 10.0. The number of nitrogens with zero attached hydrogens (tertiary/aromatic N) is 1. The summed E-state index contributed by atoms with van der Waals surface area (Å²) in [6.45, 7) is 9.30. The summed E-state index contributed by atoms with van der Waals surface area (Å²) >= 11 is 0. The van der Waals surface area contributed by atoms with Crippen molar-refractivity contribution >= 4 is 11.4 Å². The van der Waals surface area contributed by atoms with Gasteiger partial charge in [-0.15, -0.1) is 0 Å². The van der Waals surface area contributed by atoms with Gasteiger partial charge in [0.2, 0.25) is 0 Å². The van der Waals surface area contributed by atoms with Crippen LogP contribution in [0.2, 0.25) is 0 Å². The van der Waals surface area contributed by atoms with Gasteiger partial charge in [-0.05, 0) is 56.7 Å². The fraction of sp³-hybridized carbons (Fsp3) is 0.647. The van der Waals surface area contributed by atoms with E-state index in [0.29, 0.717) is 6.04 Å². The zero-order valence-electron chi connectivity index (χ0n) is 12.7. The van der Waals surface area contributed by atoms with Gasteiger partial charge in [0.15, 0.2) is 0 Å². The topological polar surface area (TPSA) is 15.3 Å². The Labute approximate surface area is 118 Å². The zero-order chi connectivity index (χ0) is 13.7. The largest absolute Gasteiger partial charge is 0.383 e. The standard InChI is InChI=1S/C17H28N2/c1-14(2)9-10-15(3)18-16-7-6-8-17(13-16)19-11-4-5-12-19/h6-8,13-15,18H,4-5,9-12H2,1-3H3. The molecular formula is C17H28N2. The Morgan fingerprint density at radius 3 is 2.53 bits per heavy atom. The molecule has 19 heavy (non-hydrogen) atoms. The summed E-state index contributed by atoms with van der Waals surface area (Å²) in [4.78, 5) is 2.49. The molecule has 1 N–H and O–H groups in total. The van der Waals surface area contributed by atoms with E-state index in [9.17, 15) is 0 Å². The van der Waals surface area contributed by atoms with Crippen LogP contribution in [0.25, 0.3) is 0 Å². The normalized spacial score (nSPS) is 16.9. The molecule has 1 aromatic carbocycles. The molecular weight excluding hydrogens is 232 g/mol. The molecule has 1 aliphatic rings. The third-order valence-electron chi connectivity index (χ3n) is 3.91. The molecule has 2 rings (SSSR count). The molecule has 106 valence electrons. The lowest BCUT2D eigenvalue weighted by Crippen LogP contribution is -2.19. The summed E-state index contributed by atoms with van der Waals surface area (Å²) in [5, 5.41) is 3.63. The first-order valence-electron chi connectivity index (χ1n) is 7.76. The molecule has 0 spiro atoms. The molecule has 0 radical (unpaired) electrons. The first-order chi connectivity index (χ1) is 9.15. The van der Waals surface area contributed by atoms with Crippen LogP contribution in [0.3, 0.4) is 0 Å². The number of anilines is 2. The van der Waals surface area contributed by atoms with Crippen LogP contribution in [0.1, 0.15) is 46.5 Å². The number of hydrogen-bond acceptors (Lipinski definition) is 2. The summed E-state index contributed by atoms with van der Waals surface area (Å²) in [7, 11) is 0. The maximum Gasteiger partial charge on any atom is 0.0386 e. The molecule has 1 aliphatic heterocycles. The molecule has 0 aliphatic carbocycles. The summed E-state index contributed by atoms with van der Waals surface area (Å²) in [5.74, 6) is 0.792. The average Bonchev–Trinajstić information content (AvgIpc) is 2.90. The van der Waals surface area contributed by atoms with E-state index in [2.05, 4.69) is 55.3 Å².